The van der Waals surface area contributed by atoms with Crippen LogP contribution in [0, 0.1) is 0 Å². The van der Waals surface area contributed by atoms with Crippen LogP contribution in [0.25, 0.3) is 0 Å². The van der Waals surface area contributed by atoms with E-state index >= 15 is 0 Å². The Balaban J connectivity index is 3.02. The lowest BCUT2D eigenvalue weighted by Gasteiger charge is -2.19. The SMILES string of the molecule is CC(=O)N(C)c1ccccc1C(=O)NC(C)CO. The molecule has 0 aliphatic heterocycles. The third-order valence-corrected chi connectivity index (χ3v) is 2.63. The zero-order valence-corrected chi connectivity index (χ0v) is 10.8. The van der Waals surface area contributed by atoms with Gasteiger partial charge >= 0.3 is 0 Å². The first-order valence-electron chi connectivity index (χ1n) is 5.72. The number of hydrogen-bond donors (Lipinski definition) is 2. The average Bonchev–Trinajstić information content (AvgIpc) is 2.37. The van der Waals surface area contributed by atoms with Crippen LogP contribution in [0.1, 0.15) is 24.2 Å². The van der Waals surface area contributed by atoms with Gasteiger partial charge in [0.25, 0.3) is 5.91 Å². The fourth-order valence-electron chi connectivity index (χ4n) is 1.47. The predicted octanol–water partition coefficient (Wildman–Crippen LogP) is 0.780. The highest BCUT2D eigenvalue weighted by molar-refractivity contribution is 6.04. The molecule has 0 fully saturated rings. The van der Waals surface area contributed by atoms with Crippen LogP contribution in [0.5, 0.6) is 0 Å². The van der Waals surface area contributed by atoms with Gasteiger partial charge in [0.15, 0.2) is 0 Å². The summed E-state index contributed by atoms with van der Waals surface area (Å²) in [4.78, 5) is 24.8. The Morgan fingerprint density at radius 2 is 2.00 bits per heavy atom. The molecule has 0 heterocycles. The number of nitrogens with one attached hydrogen (secondary N) is 1. The number of hydrogen-bond acceptors (Lipinski definition) is 3. The van der Waals surface area contributed by atoms with Gasteiger partial charge < -0.3 is 15.3 Å². The second kappa shape index (κ2) is 6.16. The molecule has 1 rings (SSSR count). The lowest BCUT2D eigenvalue weighted by atomic mass is 10.1. The van der Waals surface area contributed by atoms with Crippen molar-refractivity contribution in [1.82, 2.24) is 5.32 Å². The van der Waals surface area contributed by atoms with Gasteiger partial charge in [0.2, 0.25) is 5.91 Å². The van der Waals surface area contributed by atoms with Crippen LogP contribution in [0.15, 0.2) is 24.3 Å². The van der Waals surface area contributed by atoms with Crippen molar-refractivity contribution in [3.05, 3.63) is 29.8 Å². The van der Waals surface area contributed by atoms with Crippen molar-refractivity contribution >= 4 is 17.5 Å². The summed E-state index contributed by atoms with van der Waals surface area (Å²) in [5.41, 5.74) is 0.961. The number of carbonyl (C=O) groups is 2. The minimum atomic E-state index is -0.326. The van der Waals surface area contributed by atoms with Crippen molar-refractivity contribution < 1.29 is 14.7 Å². The van der Waals surface area contributed by atoms with Gasteiger partial charge in [0.1, 0.15) is 0 Å². The maximum atomic E-state index is 12.0. The molecule has 0 aromatic heterocycles. The molecule has 2 amide bonds. The van der Waals surface area contributed by atoms with E-state index in [1.54, 1.807) is 38.2 Å². The summed E-state index contributed by atoms with van der Waals surface area (Å²) in [7, 11) is 1.61. The lowest BCUT2D eigenvalue weighted by molar-refractivity contribution is -0.116. The van der Waals surface area contributed by atoms with E-state index in [1.807, 2.05) is 0 Å². The minimum Gasteiger partial charge on any atom is -0.394 e. The van der Waals surface area contributed by atoms with Crippen molar-refractivity contribution in [1.29, 1.82) is 0 Å². The van der Waals surface area contributed by atoms with Crippen LogP contribution >= 0.6 is 0 Å². The van der Waals surface area contributed by atoms with Gasteiger partial charge in [-0.05, 0) is 19.1 Å². The summed E-state index contributed by atoms with van der Waals surface area (Å²) in [6.45, 7) is 3.01. The number of aliphatic hydroxyl groups is 1. The fourth-order valence-corrected chi connectivity index (χ4v) is 1.47. The Hall–Kier alpha value is -1.88. The Bertz CT molecular complexity index is 446. The molecular formula is C13H18N2O3. The van der Waals surface area contributed by atoms with Crippen molar-refractivity contribution in [3.8, 4) is 0 Å². The first-order chi connectivity index (χ1) is 8.47. The molecule has 18 heavy (non-hydrogen) atoms. The number of benzene rings is 1. The molecule has 0 radical (unpaired) electrons. The van der Waals surface area contributed by atoms with Gasteiger partial charge in [-0.2, -0.15) is 0 Å². The summed E-state index contributed by atoms with van der Waals surface area (Å²) in [5.74, 6) is -0.453. The van der Waals surface area contributed by atoms with Crippen LogP contribution in [-0.2, 0) is 4.79 Å². The first-order valence-corrected chi connectivity index (χ1v) is 5.72. The Morgan fingerprint density at radius 1 is 1.39 bits per heavy atom. The minimum absolute atomic E-state index is 0.129. The van der Waals surface area contributed by atoms with Crippen molar-refractivity contribution in [3.63, 3.8) is 0 Å². The van der Waals surface area contributed by atoms with E-state index in [-0.39, 0.29) is 24.5 Å². The quantitative estimate of drug-likeness (QED) is 0.829. The molecule has 5 heteroatoms. The lowest BCUT2D eigenvalue weighted by Crippen LogP contribution is -2.36. The fraction of sp³-hybridized carbons (Fsp3) is 0.385. The second-order valence-electron chi connectivity index (χ2n) is 4.15. The normalized spacial score (nSPS) is 11.8. The van der Waals surface area contributed by atoms with Crippen molar-refractivity contribution in [2.24, 2.45) is 0 Å². The molecular weight excluding hydrogens is 232 g/mol. The topological polar surface area (TPSA) is 69.6 Å². The van der Waals surface area contributed by atoms with Crippen LogP contribution in [-0.4, -0.2) is 36.6 Å². The van der Waals surface area contributed by atoms with E-state index < -0.39 is 0 Å². The van der Waals surface area contributed by atoms with Crippen LogP contribution < -0.4 is 10.2 Å². The van der Waals surface area contributed by atoms with E-state index in [0.717, 1.165) is 0 Å². The number of nitrogens with zero attached hydrogens (tertiary/aromatic N) is 1. The van der Waals surface area contributed by atoms with Gasteiger partial charge in [-0.3, -0.25) is 9.59 Å². The monoisotopic (exact) mass is 250 g/mol. The average molecular weight is 250 g/mol. The van der Waals surface area contributed by atoms with Crippen LogP contribution in [0.3, 0.4) is 0 Å². The van der Waals surface area contributed by atoms with Gasteiger partial charge in [-0.1, -0.05) is 12.1 Å². The maximum absolute atomic E-state index is 12.0. The van der Waals surface area contributed by atoms with Gasteiger partial charge in [0, 0.05) is 20.0 Å². The number of aliphatic hydroxyl groups excluding tert-OH is 1. The zero-order chi connectivity index (χ0) is 13.7. The second-order valence-corrected chi connectivity index (χ2v) is 4.15. The molecule has 1 aromatic rings. The molecule has 1 aromatic carbocycles. The molecule has 98 valence electrons. The molecule has 0 aliphatic rings. The Labute approximate surface area is 106 Å². The number of anilines is 1. The summed E-state index contributed by atoms with van der Waals surface area (Å²) < 4.78 is 0. The molecule has 5 nitrogen and oxygen atoms in total. The standard InChI is InChI=1S/C13H18N2O3/c1-9(8-16)14-13(18)11-6-4-5-7-12(11)15(3)10(2)17/h4-7,9,16H,8H2,1-3H3,(H,14,18). The maximum Gasteiger partial charge on any atom is 0.253 e. The number of amides is 2. The van der Waals surface area contributed by atoms with E-state index in [1.165, 1.54) is 11.8 Å². The molecule has 0 spiro atoms. The third kappa shape index (κ3) is 3.30. The molecule has 0 saturated heterocycles. The highest BCUT2D eigenvalue weighted by Crippen LogP contribution is 2.19. The molecule has 2 N–H and O–H groups in total. The van der Waals surface area contributed by atoms with E-state index in [0.29, 0.717) is 11.3 Å². The van der Waals surface area contributed by atoms with Gasteiger partial charge in [0.05, 0.1) is 17.9 Å². The summed E-state index contributed by atoms with van der Waals surface area (Å²) in [6, 6.07) is 6.53. The molecule has 0 bridgehead atoms. The molecule has 0 saturated carbocycles. The number of carbonyl (C=O) groups excluding carboxylic acids is 2. The summed E-state index contributed by atoms with van der Waals surface area (Å²) >= 11 is 0. The highest BCUT2D eigenvalue weighted by atomic mass is 16.3. The summed E-state index contributed by atoms with van der Waals surface area (Å²) in [5, 5.41) is 11.6. The molecule has 1 unspecified atom stereocenters. The van der Waals surface area contributed by atoms with Crippen molar-refractivity contribution in [2.75, 3.05) is 18.6 Å². The first kappa shape index (κ1) is 14.2. The van der Waals surface area contributed by atoms with Gasteiger partial charge in [-0.15, -0.1) is 0 Å². The van der Waals surface area contributed by atoms with E-state index in [9.17, 15) is 9.59 Å². The number of para-hydroxylation sites is 1. The van der Waals surface area contributed by atoms with Crippen LogP contribution in [0.4, 0.5) is 5.69 Å². The predicted molar refractivity (Wildman–Crippen MR) is 69.5 cm³/mol. The zero-order valence-electron chi connectivity index (χ0n) is 10.8. The Kier molecular flexibility index (Phi) is 4.85. The van der Waals surface area contributed by atoms with Gasteiger partial charge in [-0.25, -0.2) is 0 Å². The van der Waals surface area contributed by atoms with E-state index in [2.05, 4.69) is 5.32 Å². The third-order valence-electron chi connectivity index (χ3n) is 2.63. The Morgan fingerprint density at radius 3 is 2.56 bits per heavy atom. The van der Waals surface area contributed by atoms with Crippen molar-refractivity contribution in [2.45, 2.75) is 19.9 Å². The molecule has 1 atom stereocenters. The summed E-state index contributed by atoms with van der Waals surface area (Å²) in [6.07, 6.45) is 0. The smallest absolute Gasteiger partial charge is 0.253 e. The van der Waals surface area contributed by atoms with E-state index in [4.69, 9.17) is 5.11 Å². The number of rotatable bonds is 4. The van der Waals surface area contributed by atoms with Crippen LogP contribution in [0.2, 0.25) is 0 Å². The highest BCUT2D eigenvalue weighted by Gasteiger charge is 2.17. The molecule has 0 aliphatic carbocycles. The largest absolute Gasteiger partial charge is 0.394 e.